The van der Waals surface area contributed by atoms with Crippen molar-refractivity contribution in [3.05, 3.63) is 18.5 Å². The van der Waals surface area contributed by atoms with Crippen LogP contribution in [-0.4, -0.2) is 15.9 Å². The third kappa shape index (κ3) is 2.77. The van der Waals surface area contributed by atoms with Gasteiger partial charge in [-0.1, -0.05) is 13.8 Å². The number of hydrogen-bond acceptors (Lipinski definition) is 4. The summed E-state index contributed by atoms with van der Waals surface area (Å²) in [5.41, 5.74) is 0. The minimum absolute atomic E-state index is 0.175. The Labute approximate surface area is 82.9 Å². The zero-order chi connectivity index (χ0) is 10.6. The fourth-order valence-electron chi connectivity index (χ4n) is 0.975. The Morgan fingerprint density at radius 1 is 1.50 bits per heavy atom. The molecule has 0 spiro atoms. The molecule has 0 aromatic carbocycles. The average Bonchev–Trinajstić information content (AvgIpc) is 2.17. The van der Waals surface area contributed by atoms with Gasteiger partial charge in [0, 0.05) is 18.8 Å². The molecule has 5 nitrogen and oxygen atoms in total. The third-order valence-corrected chi connectivity index (χ3v) is 1.62. The molecule has 0 aliphatic heterocycles. The van der Waals surface area contributed by atoms with Gasteiger partial charge in [-0.25, -0.2) is 20.8 Å². The molecule has 1 aromatic heterocycles. The van der Waals surface area contributed by atoms with E-state index < -0.39 is 0 Å². The van der Waals surface area contributed by atoms with Crippen LogP contribution in [0.4, 0.5) is 5.95 Å². The van der Waals surface area contributed by atoms with E-state index in [1.165, 1.54) is 0 Å². The quantitative estimate of drug-likeness (QED) is 0.437. The summed E-state index contributed by atoms with van der Waals surface area (Å²) in [6, 6.07) is 1.67. The summed E-state index contributed by atoms with van der Waals surface area (Å²) in [5, 5.41) is 0.986. The first-order valence-electron chi connectivity index (χ1n) is 4.46. The number of carbonyl (C=O) groups is 1. The smallest absolute Gasteiger partial charge is 0.246 e. The summed E-state index contributed by atoms with van der Waals surface area (Å²) in [6.45, 7) is 3.91. The molecule has 1 rings (SSSR count). The number of carbonyl (C=O) groups excluding carboxylic acids is 1. The molecule has 0 bridgehead atoms. The average molecular weight is 194 g/mol. The second-order valence-electron chi connectivity index (χ2n) is 3.41. The van der Waals surface area contributed by atoms with Crippen LogP contribution in [0.15, 0.2) is 18.5 Å². The molecule has 0 aliphatic rings. The Kier molecular flexibility index (Phi) is 3.53. The number of rotatable bonds is 3. The lowest BCUT2D eigenvalue weighted by atomic mass is 10.1. The van der Waals surface area contributed by atoms with Crippen molar-refractivity contribution in [2.75, 3.05) is 5.01 Å². The predicted octanol–water partition coefficient (Wildman–Crippen LogP) is 0.729. The first-order chi connectivity index (χ1) is 6.61. The highest BCUT2D eigenvalue weighted by molar-refractivity contribution is 5.90. The summed E-state index contributed by atoms with van der Waals surface area (Å²) in [7, 11) is 0. The second kappa shape index (κ2) is 4.66. The number of nitrogens with zero attached hydrogens (tertiary/aromatic N) is 3. The normalized spacial score (nSPS) is 10.3. The van der Waals surface area contributed by atoms with Crippen LogP contribution in [0.25, 0.3) is 0 Å². The Morgan fingerprint density at radius 3 is 2.57 bits per heavy atom. The van der Waals surface area contributed by atoms with Gasteiger partial charge in [-0.3, -0.25) is 4.79 Å². The van der Waals surface area contributed by atoms with E-state index in [4.69, 9.17) is 5.84 Å². The van der Waals surface area contributed by atoms with Crippen molar-refractivity contribution in [1.82, 2.24) is 9.97 Å². The first-order valence-corrected chi connectivity index (χ1v) is 4.46. The van der Waals surface area contributed by atoms with Gasteiger partial charge < -0.3 is 0 Å². The van der Waals surface area contributed by atoms with Crippen molar-refractivity contribution in [3.63, 3.8) is 0 Å². The van der Waals surface area contributed by atoms with Crippen molar-refractivity contribution in [1.29, 1.82) is 0 Å². The number of hydrazine groups is 1. The topological polar surface area (TPSA) is 72.1 Å². The van der Waals surface area contributed by atoms with Crippen LogP contribution >= 0.6 is 0 Å². The number of hydrogen-bond donors (Lipinski definition) is 1. The molecular formula is C9H14N4O. The van der Waals surface area contributed by atoms with Crippen LogP contribution in [0, 0.1) is 5.92 Å². The van der Waals surface area contributed by atoms with Crippen LogP contribution in [0.2, 0.25) is 0 Å². The van der Waals surface area contributed by atoms with Gasteiger partial charge in [-0.2, -0.15) is 0 Å². The Morgan fingerprint density at radius 2 is 2.07 bits per heavy atom. The van der Waals surface area contributed by atoms with Crippen molar-refractivity contribution in [3.8, 4) is 0 Å². The maximum absolute atomic E-state index is 11.5. The monoisotopic (exact) mass is 194 g/mol. The molecule has 2 N–H and O–H groups in total. The van der Waals surface area contributed by atoms with Gasteiger partial charge in [0.1, 0.15) is 0 Å². The first kappa shape index (κ1) is 10.6. The van der Waals surface area contributed by atoms with Gasteiger partial charge in [-0.05, 0) is 12.0 Å². The highest BCUT2D eigenvalue weighted by Crippen LogP contribution is 2.06. The molecule has 0 saturated heterocycles. The highest BCUT2D eigenvalue weighted by atomic mass is 16.2. The number of amides is 1. The Balaban J connectivity index is 2.66. The van der Waals surface area contributed by atoms with Crippen LogP contribution in [-0.2, 0) is 4.79 Å². The fourth-order valence-corrected chi connectivity index (χ4v) is 0.975. The van der Waals surface area contributed by atoms with E-state index in [0.29, 0.717) is 6.42 Å². The molecule has 0 radical (unpaired) electrons. The van der Waals surface area contributed by atoms with E-state index >= 15 is 0 Å². The van der Waals surface area contributed by atoms with Crippen LogP contribution in [0.5, 0.6) is 0 Å². The molecular weight excluding hydrogens is 180 g/mol. The molecule has 5 heteroatoms. The van der Waals surface area contributed by atoms with Gasteiger partial charge in [0.05, 0.1) is 0 Å². The lowest BCUT2D eigenvalue weighted by Gasteiger charge is -2.14. The zero-order valence-corrected chi connectivity index (χ0v) is 8.34. The number of aromatic nitrogens is 2. The van der Waals surface area contributed by atoms with Crippen molar-refractivity contribution >= 4 is 11.9 Å². The molecule has 0 fully saturated rings. The van der Waals surface area contributed by atoms with Crippen molar-refractivity contribution in [2.24, 2.45) is 11.8 Å². The van der Waals surface area contributed by atoms with Crippen molar-refractivity contribution < 1.29 is 4.79 Å². The molecule has 1 amide bonds. The molecule has 14 heavy (non-hydrogen) atoms. The van der Waals surface area contributed by atoms with Gasteiger partial charge in [0.25, 0.3) is 0 Å². The van der Waals surface area contributed by atoms with Crippen molar-refractivity contribution in [2.45, 2.75) is 20.3 Å². The van der Waals surface area contributed by atoms with E-state index in [1.54, 1.807) is 18.5 Å². The predicted molar refractivity (Wildman–Crippen MR) is 53.2 cm³/mol. The van der Waals surface area contributed by atoms with Gasteiger partial charge in [-0.15, -0.1) is 0 Å². The Hall–Kier alpha value is -1.49. The van der Waals surface area contributed by atoms with Gasteiger partial charge in [0.2, 0.25) is 11.9 Å². The SMILES string of the molecule is CC(C)CC(=O)N(N)c1ncccn1. The zero-order valence-electron chi connectivity index (χ0n) is 8.34. The van der Waals surface area contributed by atoms with E-state index in [0.717, 1.165) is 5.01 Å². The van der Waals surface area contributed by atoms with E-state index in [9.17, 15) is 4.79 Å². The standard InChI is InChI=1S/C9H14N4O/c1-7(2)6-8(14)13(10)9-11-4-3-5-12-9/h3-5,7H,6,10H2,1-2H3. The summed E-state index contributed by atoms with van der Waals surface area (Å²) in [4.78, 5) is 19.2. The van der Waals surface area contributed by atoms with Crippen LogP contribution in [0.3, 0.4) is 0 Å². The second-order valence-corrected chi connectivity index (χ2v) is 3.41. The molecule has 76 valence electrons. The Bertz CT molecular complexity index is 299. The van der Waals surface area contributed by atoms with E-state index in [1.807, 2.05) is 13.8 Å². The van der Waals surface area contributed by atoms with E-state index in [2.05, 4.69) is 9.97 Å². The largest absolute Gasteiger partial charge is 0.273 e. The summed E-state index contributed by atoms with van der Waals surface area (Å²) < 4.78 is 0. The minimum atomic E-state index is -0.175. The number of anilines is 1. The molecule has 0 aliphatic carbocycles. The maximum atomic E-state index is 11.5. The minimum Gasteiger partial charge on any atom is -0.273 e. The third-order valence-electron chi connectivity index (χ3n) is 1.62. The maximum Gasteiger partial charge on any atom is 0.246 e. The van der Waals surface area contributed by atoms with Crippen LogP contribution < -0.4 is 10.9 Å². The molecule has 1 aromatic rings. The van der Waals surface area contributed by atoms with Gasteiger partial charge in [0.15, 0.2) is 0 Å². The van der Waals surface area contributed by atoms with E-state index in [-0.39, 0.29) is 17.8 Å². The highest BCUT2D eigenvalue weighted by Gasteiger charge is 2.14. The van der Waals surface area contributed by atoms with Gasteiger partial charge >= 0.3 is 0 Å². The lowest BCUT2D eigenvalue weighted by Crippen LogP contribution is -2.39. The lowest BCUT2D eigenvalue weighted by molar-refractivity contribution is -0.119. The molecule has 0 unspecified atom stereocenters. The summed E-state index contributed by atoms with van der Waals surface area (Å²) >= 11 is 0. The molecule has 1 heterocycles. The van der Waals surface area contributed by atoms with Crippen LogP contribution in [0.1, 0.15) is 20.3 Å². The molecule has 0 atom stereocenters. The molecule has 0 saturated carbocycles. The summed E-state index contributed by atoms with van der Waals surface area (Å²) in [6.07, 6.45) is 3.49. The summed E-state index contributed by atoms with van der Waals surface area (Å²) in [5.74, 6) is 5.88. The number of nitrogens with two attached hydrogens (primary N) is 1. The fraction of sp³-hybridized carbons (Fsp3) is 0.444.